The molecule has 0 radical (unpaired) electrons. The van der Waals surface area contributed by atoms with Crippen molar-refractivity contribution in [3.8, 4) is 0 Å². The fourth-order valence-electron chi connectivity index (χ4n) is 2.10. The average molecular weight is 344 g/mol. The molecule has 2 rings (SSSR count). The third-order valence-electron chi connectivity index (χ3n) is 3.48. The van der Waals surface area contributed by atoms with Crippen molar-refractivity contribution in [2.75, 3.05) is 13.1 Å². The maximum Gasteiger partial charge on any atom is 0.330 e. The quantitative estimate of drug-likeness (QED) is 0.827. The Morgan fingerprint density at radius 2 is 2.00 bits per heavy atom. The molecule has 0 amide bonds. The predicted octanol–water partition coefficient (Wildman–Crippen LogP) is 3.10. The second-order valence-electron chi connectivity index (χ2n) is 6.33. The van der Waals surface area contributed by atoms with E-state index >= 15 is 0 Å². The van der Waals surface area contributed by atoms with Gasteiger partial charge in [0, 0.05) is 19.3 Å². The Labute approximate surface area is 128 Å². The Balaban J connectivity index is 1.88. The second-order valence-corrected chi connectivity index (χ2v) is 7.19. The van der Waals surface area contributed by atoms with Gasteiger partial charge < -0.3 is 4.84 Å². The van der Waals surface area contributed by atoms with E-state index in [0.717, 1.165) is 36.1 Å². The predicted molar refractivity (Wildman–Crippen MR) is 80.1 cm³/mol. The second kappa shape index (κ2) is 5.85. The van der Waals surface area contributed by atoms with Crippen molar-refractivity contribution < 1.29 is 9.63 Å². The summed E-state index contributed by atoms with van der Waals surface area (Å²) in [6, 6.07) is 0.379. The number of aromatic nitrogens is 2. The van der Waals surface area contributed by atoms with E-state index in [2.05, 4.69) is 21.0 Å². The molecule has 0 spiro atoms. The van der Waals surface area contributed by atoms with Crippen molar-refractivity contribution in [2.45, 2.75) is 46.6 Å². The lowest BCUT2D eigenvalue weighted by Crippen LogP contribution is -2.39. The minimum Gasteiger partial charge on any atom is -0.367 e. The van der Waals surface area contributed by atoms with E-state index in [1.165, 1.54) is 0 Å². The maximum atomic E-state index is 11.8. The van der Waals surface area contributed by atoms with E-state index in [1.807, 2.05) is 38.6 Å². The van der Waals surface area contributed by atoms with Crippen LogP contribution in [0.1, 0.15) is 45.3 Å². The summed E-state index contributed by atoms with van der Waals surface area (Å²) in [5.41, 5.74) is 0.549. The first kappa shape index (κ1) is 15.5. The van der Waals surface area contributed by atoms with E-state index in [9.17, 15) is 4.79 Å². The molecule has 1 aromatic rings. The maximum absolute atomic E-state index is 11.8. The fourth-order valence-corrected chi connectivity index (χ4v) is 2.39. The first-order valence-corrected chi connectivity index (χ1v) is 7.75. The van der Waals surface area contributed by atoms with Crippen molar-refractivity contribution in [1.82, 2.24) is 14.8 Å². The molecule has 5 nitrogen and oxygen atoms in total. The molecule has 20 heavy (non-hydrogen) atoms. The Hall–Kier alpha value is -0.880. The summed E-state index contributed by atoms with van der Waals surface area (Å²) in [4.78, 5) is 17.3. The van der Waals surface area contributed by atoms with Gasteiger partial charge in [-0.25, -0.2) is 4.79 Å². The van der Waals surface area contributed by atoms with Crippen LogP contribution in [0.3, 0.4) is 0 Å². The third-order valence-corrected chi connectivity index (χ3v) is 4.26. The molecule has 0 N–H and O–H groups in total. The molecule has 1 aliphatic rings. The van der Waals surface area contributed by atoms with Gasteiger partial charge in [-0.05, 0) is 56.5 Å². The molecule has 0 unspecified atom stereocenters. The van der Waals surface area contributed by atoms with Crippen LogP contribution >= 0.6 is 15.9 Å². The number of hydroxylamine groups is 2. The van der Waals surface area contributed by atoms with Crippen LogP contribution in [0.2, 0.25) is 0 Å². The molecule has 0 aliphatic carbocycles. The SMILES string of the molecule is Cc1nn(C2CCN(OC(=O)C(C)(C)C)CC2)cc1Br. The van der Waals surface area contributed by atoms with Gasteiger partial charge in [-0.2, -0.15) is 5.10 Å². The van der Waals surface area contributed by atoms with E-state index in [1.54, 1.807) is 5.06 Å². The van der Waals surface area contributed by atoms with Crippen LogP contribution in [-0.4, -0.2) is 33.9 Å². The minimum atomic E-state index is -0.458. The number of halogens is 1. The molecule has 0 aromatic carbocycles. The fraction of sp³-hybridized carbons (Fsp3) is 0.714. The molecule has 1 aliphatic heterocycles. The zero-order valence-electron chi connectivity index (χ0n) is 12.5. The summed E-state index contributed by atoms with van der Waals surface area (Å²) in [7, 11) is 0. The summed E-state index contributed by atoms with van der Waals surface area (Å²) in [6.45, 7) is 9.09. The minimum absolute atomic E-state index is 0.173. The molecular formula is C14H22BrN3O2. The normalized spacial score (nSPS) is 18.2. The Morgan fingerprint density at radius 1 is 1.40 bits per heavy atom. The number of carbonyl (C=O) groups excluding carboxylic acids is 1. The summed E-state index contributed by atoms with van der Waals surface area (Å²) >= 11 is 3.49. The summed E-state index contributed by atoms with van der Waals surface area (Å²) < 4.78 is 3.06. The summed E-state index contributed by atoms with van der Waals surface area (Å²) in [5.74, 6) is -0.173. The largest absolute Gasteiger partial charge is 0.367 e. The van der Waals surface area contributed by atoms with Crippen LogP contribution in [0.25, 0.3) is 0 Å². The molecule has 6 heteroatoms. The first-order valence-electron chi connectivity index (χ1n) is 6.96. The van der Waals surface area contributed by atoms with Crippen molar-refractivity contribution in [3.05, 3.63) is 16.4 Å². The lowest BCUT2D eigenvalue weighted by molar-refractivity contribution is -0.205. The van der Waals surface area contributed by atoms with Gasteiger partial charge in [-0.1, -0.05) is 0 Å². The van der Waals surface area contributed by atoms with Crippen LogP contribution < -0.4 is 0 Å². The number of hydrogen-bond acceptors (Lipinski definition) is 4. The molecule has 0 atom stereocenters. The molecule has 1 saturated heterocycles. The number of nitrogens with zero attached hydrogens (tertiary/aromatic N) is 3. The topological polar surface area (TPSA) is 47.4 Å². The third kappa shape index (κ3) is 3.61. The summed E-state index contributed by atoms with van der Waals surface area (Å²) in [5, 5.41) is 6.28. The van der Waals surface area contributed by atoms with Gasteiger partial charge in [0.15, 0.2) is 0 Å². The van der Waals surface area contributed by atoms with Gasteiger partial charge >= 0.3 is 5.97 Å². The number of carbonyl (C=O) groups is 1. The highest BCUT2D eigenvalue weighted by atomic mass is 79.9. The average Bonchev–Trinajstić information content (AvgIpc) is 2.69. The van der Waals surface area contributed by atoms with Crippen LogP contribution in [0, 0.1) is 12.3 Å². The van der Waals surface area contributed by atoms with Crippen LogP contribution in [0.15, 0.2) is 10.7 Å². The van der Waals surface area contributed by atoms with Crippen LogP contribution in [0.4, 0.5) is 0 Å². The molecule has 112 valence electrons. The van der Waals surface area contributed by atoms with Crippen molar-refractivity contribution in [3.63, 3.8) is 0 Å². The zero-order valence-corrected chi connectivity index (χ0v) is 14.1. The number of piperidine rings is 1. The number of aryl methyl sites for hydroxylation is 1. The van der Waals surface area contributed by atoms with E-state index in [4.69, 9.17) is 4.84 Å². The van der Waals surface area contributed by atoms with E-state index in [0.29, 0.717) is 6.04 Å². The molecule has 1 aromatic heterocycles. The lowest BCUT2D eigenvalue weighted by Gasteiger charge is -2.32. The molecule has 1 fully saturated rings. The van der Waals surface area contributed by atoms with Crippen LogP contribution in [0.5, 0.6) is 0 Å². The highest BCUT2D eigenvalue weighted by Crippen LogP contribution is 2.26. The first-order chi connectivity index (χ1) is 9.27. The standard InChI is InChI=1S/C14H22BrN3O2/c1-10-12(15)9-18(16-10)11-5-7-17(8-6-11)20-13(19)14(2,3)4/h9,11H,5-8H2,1-4H3. The zero-order chi connectivity index (χ0) is 14.9. The monoisotopic (exact) mass is 343 g/mol. The molecule has 2 heterocycles. The van der Waals surface area contributed by atoms with Gasteiger partial charge in [0.25, 0.3) is 0 Å². The van der Waals surface area contributed by atoms with Gasteiger partial charge in [0.2, 0.25) is 0 Å². The van der Waals surface area contributed by atoms with Gasteiger partial charge in [0.05, 0.1) is 21.6 Å². The van der Waals surface area contributed by atoms with Crippen molar-refractivity contribution >= 4 is 21.9 Å². The highest BCUT2D eigenvalue weighted by molar-refractivity contribution is 9.10. The number of rotatable bonds is 2. The number of hydrogen-bond donors (Lipinski definition) is 0. The van der Waals surface area contributed by atoms with Crippen molar-refractivity contribution in [2.24, 2.45) is 5.41 Å². The Kier molecular flexibility index (Phi) is 4.54. The molecule has 0 saturated carbocycles. The Bertz CT molecular complexity index is 466. The van der Waals surface area contributed by atoms with Crippen molar-refractivity contribution in [1.29, 1.82) is 0 Å². The van der Waals surface area contributed by atoms with Gasteiger partial charge in [-0.3, -0.25) is 4.68 Å². The van der Waals surface area contributed by atoms with E-state index < -0.39 is 5.41 Å². The smallest absolute Gasteiger partial charge is 0.330 e. The highest BCUT2D eigenvalue weighted by Gasteiger charge is 2.29. The molecule has 0 bridgehead atoms. The van der Waals surface area contributed by atoms with Gasteiger partial charge in [-0.15, -0.1) is 5.06 Å². The van der Waals surface area contributed by atoms with E-state index in [-0.39, 0.29) is 5.97 Å². The van der Waals surface area contributed by atoms with Crippen LogP contribution in [-0.2, 0) is 9.63 Å². The summed E-state index contributed by atoms with van der Waals surface area (Å²) in [6.07, 6.45) is 3.90. The molecular weight excluding hydrogens is 322 g/mol. The van der Waals surface area contributed by atoms with Gasteiger partial charge in [0.1, 0.15) is 0 Å². The Morgan fingerprint density at radius 3 is 2.45 bits per heavy atom. The lowest BCUT2D eigenvalue weighted by atomic mass is 9.98.